The minimum absolute atomic E-state index is 0.0102. The van der Waals surface area contributed by atoms with E-state index in [1.165, 1.54) is 15.9 Å². The van der Waals surface area contributed by atoms with Gasteiger partial charge in [0.25, 0.3) is 8.32 Å². The third-order valence-electron chi connectivity index (χ3n) is 10.8. The number of nitrogens with one attached hydrogen (secondary N) is 2. The van der Waals surface area contributed by atoms with Gasteiger partial charge < -0.3 is 19.6 Å². The molecular formula is C43H52N8O4Si. The van der Waals surface area contributed by atoms with Crippen molar-refractivity contribution in [2.24, 2.45) is 0 Å². The molecule has 1 atom stereocenters. The van der Waals surface area contributed by atoms with E-state index < -0.39 is 14.4 Å². The predicted octanol–water partition coefficient (Wildman–Crippen LogP) is 6.89. The fourth-order valence-electron chi connectivity index (χ4n) is 8.08. The number of carbonyl (C=O) groups is 1. The maximum atomic E-state index is 11.7. The lowest BCUT2D eigenvalue weighted by molar-refractivity contribution is -0.0332. The first-order valence-electron chi connectivity index (χ1n) is 19.4. The Kier molecular flexibility index (Phi) is 11.8. The van der Waals surface area contributed by atoms with Crippen LogP contribution in [0.1, 0.15) is 58.1 Å². The lowest BCUT2D eigenvalue weighted by atomic mass is 10.0. The molecule has 1 amide bonds. The number of likely N-dealkylation sites (tertiary alicyclic amines) is 1. The monoisotopic (exact) mass is 772 g/mol. The first-order valence-corrected chi connectivity index (χ1v) is 21.4. The van der Waals surface area contributed by atoms with Crippen LogP contribution in [0.15, 0.2) is 97.3 Å². The molecule has 12 nitrogen and oxygen atoms in total. The number of ether oxygens (including phenoxy) is 1. The highest BCUT2D eigenvalue weighted by molar-refractivity contribution is 6.99. The second-order valence-corrected chi connectivity index (χ2v) is 19.9. The highest BCUT2D eigenvalue weighted by Gasteiger charge is 2.50. The van der Waals surface area contributed by atoms with E-state index in [9.17, 15) is 9.90 Å². The molecule has 3 aromatic carbocycles. The van der Waals surface area contributed by atoms with E-state index in [0.29, 0.717) is 36.4 Å². The molecule has 7 rings (SSSR count). The van der Waals surface area contributed by atoms with Gasteiger partial charge in [0.1, 0.15) is 11.0 Å². The molecular weight excluding hydrogens is 721 g/mol. The summed E-state index contributed by atoms with van der Waals surface area (Å²) in [4.78, 5) is 28.2. The van der Waals surface area contributed by atoms with Gasteiger partial charge in [0.15, 0.2) is 5.82 Å². The van der Waals surface area contributed by atoms with Crippen molar-refractivity contribution in [2.45, 2.75) is 77.2 Å². The molecule has 1 saturated heterocycles. The number of fused-ring (bicyclic) bond motifs is 2. The molecule has 292 valence electrons. The maximum absolute atomic E-state index is 11.7. The molecule has 0 spiro atoms. The van der Waals surface area contributed by atoms with E-state index in [4.69, 9.17) is 24.2 Å². The van der Waals surface area contributed by atoms with Crippen LogP contribution in [0.2, 0.25) is 5.04 Å². The van der Waals surface area contributed by atoms with Gasteiger partial charge in [-0.05, 0) is 45.4 Å². The zero-order valence-corrected chi connectivity index (χ0v) is 33.9. The molecule has 3 N–H and O–H groups in total. The van der Waals surface area contributed by atoms with E-state index in [-0.39, 0.29) is 23.1 Å². The number of rotatable bonds is 16. The number of aromatic nitrogens is 5. The highest BCUT2D eigenvalue weighted by Crippen LogP contribution is 2.37. The van der Waals surface area contributed by atoms with Crippen LogP contribution in [-0.4, -0.2) is 88.1 Å². The summed E-state index contributed by atoms with van der Waals surface area (Å²) in [5.41, 5.74) is 4.37. The normalized spacial score (nSPS) is 14.5. The van der Waals surface area contributed by atoms with E-state index in [0.717, 1.165) is 48.9 Å². The van der Waals surface area contributed by atoms with E-state index in [1.54, 1.807) is 13.3 Å². The quantitative estimate of drug-likeness (QED) is 0.0892. The van der Waals surface area contributed by atoms with Gasteiger partial charge in [-0.25, -0.2) is 9.78 Å². The summed E-state index contributed by atoms with van der Waals surface area (Å²) < 4.78 is 14.6. The van der Waals surface area contributed by atoms with Gasteiger partial charge in [-0.2, -0.15) is 10.1 Å². The average molecular weight is 773 g/mol. The summed E-state index contributed by atoms with van der Waals surface area (Å²) in [6, 6.07) is 29.7. The number of amides is 1. The van der Waals surface area contributed by atoms with Crippen molar-refractivity contribution in [3.63, 3.8) is 0 Å². The van der Waals surface area contributed by atoms with Crippen molar-refractivity contribution < 1.29 is 19.1 Å². The Hall–Kier alpha value is -5.21. The lowest BCUT2D eigenvalue weighted by Gasteiger charge is -2.43. The number of pyridine rings is 1. The van der Waals surface area contributed by atoms with Gasteiger partial charge in [-0.1, -0.05) is 113 Å². The van der Waals surface area contributed by atoms with Crippen molar-refractivity contribution in [3.05, 3.63) is 108 Å². The Balaban J connectivity index is 1.19. The third-order valence-corrected chi connectivity index (χ3v) is 15.8. The number of anilines is 2. The first-order chi connectivity index (χ1) is 27.1. The largest absolute Gasteiger partial charge is 0.465 e. The maximum Gasteiger partial charge on any atom is 0.411 e. The predicted molar refractivity (Wildman–Crippen MR) is 224 cm³/mol. The van der Waals surface area contributed by atoms with Gasteiger partial charge in [-0.15, -0.1) is 0 Å². The molecule has 56 heavy (non-hydrogen) atoms. The van der Waals surface area contributed by atoms with Gasteiger partial charge in [0.05, 0.1) is 24.4 Å². The molecule has 0 radical (unpaired) electrons. The topological polar surface area (TPSA) is 140 Å². The number of carboxylic acid groups (broad SMARTS) is 1. The number of hydrogen-bond acceptors (Lipinski definition) is 9. The highest BCUT2D eigenvalue weighted by atomic mass is 28.4. The fourth-order valence-corrected chi connectivity index (χ4v) is 12.7. The third kappa shape index (κ3) is 8.17. The van der Waals surface area contributed by atoms with Crippen molar-refractivity contribution in [3.8, 4) is 0 Å². The Labute approximate surface area is 329 Å². The van der Waals surface area contributed by atoms with Crippen LogP contribution in [0.4, 0.5) is 16.6 Å². The zero-order valence-electron chi connectivity index (χ0n) is 32.9. The molecule has 0 aliphatic carbocycles. The Morgan fingerprint density at radius 1 is 0.929 bits per heavy atom. The van der Waals surface area contributed by atoms with E-state index in [2.05, 4.69) is 127 Å². The molecule has 1 aliphatic rings. The molecule has 6 aromatic rings. The molecule has 0 bridgehead atoms. The Bertz CT molecular complexity index is 2220. The van der Waals surface area contributed by atoms with Crippen LogP contribution in [0, 0.1) is 0 Å². The number of nitrogens with zero attached hydrogens (tertiary/aromatic N) is 6. The molecule has 1 fully saturated rings. The average Bonchev–Trinajstić information content (AvgIpc) is 3.57. The van der Waals surface area contributed by atoms with Crippen LogP contribution in [0.5, 0.6) is 0 Å². The summed E-state index contributed by atoms with van der Waals surface area (Å²) in [7, 11) is -0.976. The van der Waals surface area contributed by atoms with Crippen molar-refractivity contribution in [2.75, 3.05) is 37.4 Å². The van der Waals surface area contributed by atoms with Crippen molar-refractivity contribution >= 4 is 58.5 Å². The van der Waals surface area contributed by atoms with Gasteiger partial charge in [0, 0.05) is 51.0 Å². The molecule has 3 aromatic heterocycles. The standard InChI is InChI=1S/C43H52N8O4Si/c1-6-14-32(22-24-55-56(43(2,3)4,34-15-9-7-10-16-34)35-17-11-8-12-18-35)46-40-39-37(47-41(48-40)49-42(52)53)25-45-51(39)27-31-21-20-30(26-50-28-33(29-50)54-5)36-19-13-23-44-38(31)36/h7-13,15-21,23,25,32-33H,6,14,22,24,26-29H2,1-5H3,(H,52,53)(H2,46,47,48,49). The van der Waals surface area contributed by atoms with E-state index in [1.807, 2.05) is 16.9 Å². The second-order valence-electron chi connectivity index (χ2n) is 15.6. The van der Waals surface area contributed by atoms with Gasteiger partial charge in [0.2, 0.25) is 5.95 Å². The van der Waals surface area contributed by atoms with Crippen molar-refractivity contribution in [1.29, 1.82) is 0 Å². The smallest absolute Gasteiger partial charge is 0.411 e. The first kappa shape index (κ1) is 39.0. The molecule has 13 heteroatoms. The summed E-state index contributed by atoms with van der Waals surface area (Å²) in [5, 5.41) is 23.9. The lowest BCUT2D eigenvalue weighted by Crippen LogP contribution is -2.66. The van der Waals surface area contributed by atoms with Crippen LogP contribution in [0.25, 0.3) is 21.9 Å². The molecule has 4 heterocycles. The Morgan fingerprint density at radius 3 is 2.27 bits per heavy atom. The Morgan fingerprint density at radius 2 is 1.62 bits per heavy atom. The minimum Gasteiger partial charge on any atom is -0.465 e. The van der Waals surface area contributed by atoms with Crippen LogP contribution in [-0.2, 0) is 22.3 Å². The fraction of sp³-hybridized carbons (Fsp3) is 0.372. The zero-order chi connectivity index (χ0) is 39.3. The van der Waals surface area contributed by atoms with Gasteiger partial charge in [-0.3, -0.25) is 19.9 Å². The van der Waals surface area contributed by atoms with Crippen LogP contribution in [0.3, 0.4) is 0 Å². The van der Waals surface area contributed by atoms with E-state index >= 15 is 0 Å². The van der Waals surface area contributed by atoms with Gasteiger partial charge >= 0.3 is 6.09 Å². The van der Waals surface area contributed by atoms with Crippen LogP contribution < -0.4 is 21.0 Å². The molecule has 0 saturated carbocycles. The summed E-state index contributed by atoms with van der Waals surface area (Å²) in [6.07, 6.45) is 5.02. The molecule has 1 unspecified atom stereocenters. The van der Waals surface area contributed by atoms with Crippen LogP contribution >= 0.6 is 0 Å². The number of hydrogen-bond donors (Lipinski definition) is 3. The minimum atomic E-state index is -2.74. The SMILES string of the molecule is CCCC(CCO[Si](c1ccccc1)(c1ccccc1)C(C)(C)C)Nc1nc(NC(=O)O)nc2cnn(Cc3ccc(CN4CC(OC)C4)c4cccnc34)c12. The summed E-state index contributed by atoms with van der Waals surface area (Å²) in [6.45, 7) is 12.6. The second kappa shape index (κ2) is 16.9. The molecule has 1 aliphatic heterocycles. The number of benzene rings is 3. The summed E-state index contributed by atoms with van der Waals surface area (Å²) >= 11 is 0. The number of methoxy groups -OCH3 is 1. The summed E-state index contributed by atoms with van der Waals surface area (Å²) in [5.74, 6) is 0.503. The van der Waals surface area contributed by atoms with Crippen molar-refractivity contribution in [1.82, 2.24) is 29.6 Å².